The number of methoxy groups -OCH3 is 1. The lowest BCUT2D eigenvalue weighted by atomic mass is 10.4. The maximum Gasteiger partial charge on any atom is 0.248 e. The van der Waals surface area contributed by atoms with Gasteiger partial charge in [0.2, 0.25) is 5.91 Å². The number of nitrogens with one attached hydrogen (secondary N) is 1. The van der Waals surface area contributed by atoms with Crippen molar-refractivity contribution in [1.29, 1.82) is 0 Å². The van der Waals surface area contributed by atoms with Crippen LogP contribution < -0.4 is 5.32 Å². The maximum atomic E-state index is 11.0. The third kappa shape index (κ3) is 6.53. The van der Waals surface area contributed by atoms with E-state index in [9.17, 15) is 13.2 Å². The van der Waals surface area contributed by atoms with Crippen LogP contribution in [0.3, 0.4) is 0 Å². The van der Waals surface area contributed by atoms with E-state index < -0.39 is 15.9 Å². The van der Waals surface area contributed by atoms with E-state index in [4.69, 9.17) is 4.74 Å². The third-order valence-electron chi connectivity index (χ3n) is 1.49. The molecule has 1 amide bonds. The first-order chi connectivity index (χ1) is 5.87. The third-order valence-corrected chi connectivity index (χ3v) is 2.44. The van der Waals surface area contributed by atoms with Crippen molar-refractivity contribution in [2.75, 3.05) is 25.7 Å². The largest absolute Gasteiger partial charge is 0.372 e. The van der Waals surface area contributed by atoms with E-state index in [0.717, 1.165) is 6.26 Å². The highest BCUT2D eigenvalue weighted by molar-refractivity contribution is 7.90. The summed E-state index contributed by atoms with van der Waals surface area (Å²) < 4.78 is 26.1. The zero-order valence-corrected chi connectivity index (χ0v) is 8.85. The van der Waals surface area contributed by atoms with Gasteiger partial charge in [0.25, 0.3) is 0 Å². The Kier molecular flexibility index (Phi) is 4.94. The van der Waals surface area contributed by atoms with Crippen LogP contribution in [-0.2, 0) is 19.4 Å². The zero-order valence-electron chi connectivity index (χ0n) is 8.03. The molecule has 0 spiro atoms. The van der Waals surface area contributed by atoms with E-state index in [0.29, 0.717) is 0 Å². The second kappa shape index (κ2) is 5.18. The first-order valence-electron chi connectivity index (χ1n) is 3.85. The number of rotatable bonds is 5. The van der Waals surface area contributed by atoms with Gasteiger partial charge in [0.1, 0.15) is 15.9 Å². The second-order valence-electron chi connectivity index (χ2n) is 2.80. The van der Waals surface area contributed by atoms with E-state index >= 15 is 0 Å². The van der Waals surface area contributed by atoms with Gasteiger partial charge in [-0.05, 0) is 6.92 Å². The van der Waals surface area contributed by atoms with Gasteiger partial charge in [0.05, 0.1) is 5.75 Å². The van der Waals surface area contributed by atoms with E-state index in [1.807, 2.05) is 0 Å². The molecule has 0 radical (unpaired) electrons. The van der Waals surface area contributed by atoms with Gasteiger partial charge in [-0.2, -0.15) is 0 Å². The number of sulfone groups is 1. The predicted octanol–water partition coefficient (Wildman–Crippen LogP) is -0.818. The molecule has 1 N–H and O–H groups in total. The molecule has 13 heavy (non-hydrogen) atoms. The van der Waals surface area contributed by atoms with Crippen molar-refractivity contribution in [3.63, 3.8) is 0 Å². The molecule has 0 aliphatic carbocycles. The summed E-state index contributed by atoms with van der Waals surface area (Å²) in [6.45, 7) is 1.72. The van der Waals surface area contributed by atoms with Crippen LogP contribution in [0.2, 0.25) is 0 Å². The van der Waals surface area contributed by atoms with Crippen molar-refractivity contribution < 1.29 is 17.9 Å². The molecular formula is C7H15NO4S. The Bertz CT molecular complexity index is 260. The van der Waals surface area contributed by atoms with Crippen molar-refractivity contribution >= 4 is 15.7 Å². The van der Waals surface area contributed by atoms with Crippen LogP contribution in [0.15, 0.2) is 0 Å². The molecule has 0 bridgehead atoms. The monoisotopic (exact) mass is 209 g/mol. The van der Waals surface area contributed by atoms with E-state index in [-0.39, 0.29) is 18.2 Å². The molecule has 0 aliphatic heterocycles. The molecule has 0 rings (SSSR count). The minimum atomic E-state index is -3.01. The summed E-state index contributed by atoms with van der Waals surface area (Å²) in [4.78, 5) is 11.0. The highest BCUT2D eigenvalue weighted by Gasteiger charge is 2.11. The molecule has 0 aliphatic rings. The molecule has 1 atom stereocenters. The molecule has 0 aromatic heterocycles. The fourth-order valence-electron chi connectivity index (χ4n) is 0.610. The maximum absolute atomic E-state index is 11.0. The SMILES string of the molecule is COC(C)C(=O)NCCS(C)(=O)=O. The quantitative estimate of drug-likeness (QED) is 0.642. The van der Waals surface area contributed by atoms with Gasteiger partial charge in [-0.1, -0.05) is 0 Å². The molecule has 0 aromatic carbocycles. The van der Waals surface area contributed by atoms with Crippen molar-refractivity contribution in [3.05, 3.63) is 0 Å². The smallest absolute Gasteiger partial charge is 0.248 e. The Morgan fingerprint density at radius 1 is 1.54 bits per heavy atom. The van der Waals surface area contributed by atoms with Gasteiger partial charge in [0.15, 0.2) is 0 Å². The number of amides is 1. The predicted molar refractivity (Wildman–Crippen MR) is 49.2 cm³/mol. The number of ether oxygens (including phenoxy) is 1. The minimum absolute atomic E-state index is 0.0465. The molecule has 0 saturated carbocycles. The Hall–Kier alpha value is -0.620. The Morgan fingerprint density at radius 2 is 2.08 bits per heavy atom. The van der Waals surface area contributed by atoms with Crippen LogP contribution in [0.5, 0.6) is 0 Å². The van der Waals surface area contributed by atoms with Gasteiger partial charge in [-0.15, -0.1) is 0 Å². The first kappa shape index (κ1) is 12.4. The molecule has 0 fully saturated rings. The fourth-order valence-corrected chi connectivity index (χ4v) is 1.08. The normalized spacial score (nSPS) is 13.8. The summed E-state index contributed by atoms with van der Waals surface area (Å²) >= 11 is 0. The lowest BCUT2D eigenvalue weighted by molar-refractivity contribution is -0.129. The lowest BCUT2D eigenvalue weighted by Crippen LogP contribution is -2.36. The summed E-state index contributed by atoms with van der Waals surface area (Å²) in [6.07, 6.45) is 0.582. The van der Waals surface area contributed by atoms with Gasteiger partial charge in [0, 0.05) is 19.9 Å². The standard InChI is InChI=1S/C7H15NO4S/c1-6(12-2)7(9)8-4-5-13(3,10)11/h6H,4-5H2,1-3H3,(H,8,9). The minimum Gasteiger partial charge on any atom is -0.372 e. The van der Waals surface area contributed by atoms with Gasteiger partial charge in [-0.3, -0.25) is 4.79 Å². The van der Waals surface area contributed by atoms with Gasteiger partial charge >= 0.3 is 0 Å². The van der Waals surface area contributed by atoms with Crippen molar-refractivity contribution in [2.45, 2.75) is 13.0 Å². The molecule has 5 nitrogen and oxygen atoms in total. The highest BCUT2D eigenvalue weighted by Crippen LogP contribution is 1.87. The van der Waals surface area contributed by atoms with Crippen molar-refractivity contribution in [2.24, 2.45) is 0 Å². The molecule has 6 heteroatoms. The summed E-state index contributed by atoms with van der Waals surface area (Å²) in [7, 11) is -1.59. The molecule has 0 aromatic rings. The summed E-state index contributed by atoms with van der Waals surface area (Å²) in [6, 6.07) is 0. The second-order valence-corrected chi connectivity index (χ2v) is 5.06. The van der Waals surface area contributed by atoms with Crippen LogP contribution in [0.1, 0.15) is 6.92 Å². The first-order valence-corrected chi connectivity index (χ1v) is 5.91. The molecule has 0 heterocycles. The van der Waals surface area contributed by atoms with Crippen LogP contribution in [0.25, 0.3) is 0 Å². The van der Waals surface area contributed by atoms with Gasteiger partial charge in [-0.25, -0.2) is 8.42 Å². The lowest BCUT2D eigenvalue weighted by Gasteiger charge is -2.09. The van der Waals surface area contributed by atoms with E-state index in [2.05, 4.69) is 5.32 Å². The average molecular weight is 209 g/mol. The van der Waals surface area contributed by atoms with Crippen LogP contribution >= 0.6 is 0 Å². The Balaban J connectivity index is 3.72. The van der Waals surface area contributed by atoms with Crippen LogP contribution in [-0.4, -0.2) is 46.1 Å². The number of carbonyl (C=O) groups is 1. The van der Waals surface area contributed by atoms with Crippen molar-refractivity contribution in [3.8, 4) is 0 Å². The Morgan fingerprint density at radius 3 is 2.46 bits per heavy atom. The number of hydrogen-bond acceptors (Lipinski definition) is 4. The fraction of sp³-hybridized carbons (Fsp3) is 0.857. The molecule has 1 unspecified atom stereocenters. The highest BCUT2D eigenvalue weighted by atomic mass is 32.2. The summed E-state index contributed by atoms with van der Waals surface area (Å²) in [5.74, 6) is -0.346. The van der Waals surface area contributed by atoms with Crippen LogP contribution in [0, 0.1) is 0 Å². The topological polar surface area (TPSA) is 72.5 Å². The summed E-state index contributed by atoms with van der Waals surface area (Å²) in [5.41, 5.74) is 0. The molecule has 78 valence electrons. The van der Waals surface area contributed by atoms with Crippen molar-refractivity contribution in [1.82, 2.24) is 5.32 Å². The zero-order chi connectivity index (χ0) is 10.5. The number of hydrogen-bond donors (Lipinski definition) is 1. The van der Waals surface area contributed by atoms with Crippen LogP contribution in [0.4, 0.5) is 0 Å². The average Bonchev–Trinajstić information content (AvgIpc) is 2.00. The summed E-state index contributed by atoms with van der Waals surface area (Å²) in [5, 5.41) is 2.45. The number of carbonyl (C=O) groups excluding carboxylic acids is 1. The van der Waals surface area contributed by atoms with Gasteiger partial charge < -0.3 is 10.1 Å². The van der Waals surface area contributed by atoms with E-state index in [1.54, 1.807) is 6.92 Å². The molecule has 0 saturated heterocycles. The Labute approximate surface area is 78.4 Å². The molecular weight excluding hydrogens is 194 g/mol. The van der Waals surface area contributed by atoms with E-state index in [1.165, 1.54) is 7.11 Å².